The Kier molecular flexibility index (Phi) is 4.52. The Morgan fingerprint density at radius 3 is 2.57 bits per heavy atom. The van der Waals surface area contributed by atoms with E-state index in [0.29, 0.717) is 0 Å². The van der Waals surface area contributed by atoms with Gasteiger partial charge in [-0.25, -0.2) is 0 Å². The van der Waals surface area contributed by atoms with Gasteiger partial charge in [-0.1, -0.05) is 48.9 Å². The lowest BCUT2D eigenvalue weighted by molar-refractivity contribution is 0.224. The van der Waals surface area contributed by atoms with Crippen molar-refractivity contribution in [3.05, 3.63) is 48.0 Å². The van der Waals surface area contributed by atoms with Crippen molar-refractivity contribution < 1.29 is 0 Å². The van der Waals surface area contributed by atoms with Crippen LogP contribution in [0.1, 0.15) is 37.2 Å². The predicted octanol–water partition coefficient (Wildman–Crippen LogP) is 4.32. The van der Waals surface area contributed by atoms with Crippen LogP contribution in [0.5, 0.6) is 0 Å². The third kappa shape index (κ3) is 3.25. The minimum absolute atomic E-state index is 0.00183. The number of piperidine rings is 1. The average molecular weight is 278 g/mol. The Morgan fingerprint density at radius 1 is 1.00 bits per heavy atom. The zero-order chi connectivity index (χ0) is 14.5. The second-order valence-electron chi connectivity index (χ2n) is 5.94. The molecule has 1 aliphatic heterocycles. The van der Waals surface area contributed by atoms with Gasteiger partial charge in [0.1, 0.15) is 0 Å². The summed E-state index contributed by atoms with van der Waals surface area (Å²) in [5.74, 6) is -0.00183. The molecule has 2 nitrogen and oxygen atoms in total. The van der Waals surface area contributed by atoms with Crippen molar-refractivity contribution in [2.45, 2.75) is 31.6 Å². The molecule has 1 aliphatic rings. The smallest absolute Gasteiger partial charge is 0.0730 e. The molecular weight excluding hydrogens is 256 g/mol. The van der Waals surface area contributed by atoms with Crippen LogP contribution in [0.3, 0.4) is 0 Å². The van der Waals surface area contributed by atoms with Crippen LogP contribution in [0.2, 0.25) is 0 Å². The summed E-state index contributed by atoms with van der Waals surface area (Å²) in [4.78, 5) is 2.51. The average Bonchev–Trinajstić information content (AvgIpc) is 2.56. The zero-order valence-electron chi connectivity index (χ0n) is 12.5. The maximum absolute atomic E-state index is 9.60. The summed E-state index contributed by atoms with van der Waals surface area (Å²) < 4.78 is 0. The van der Waals surface area contributed by atoms with E-state index in [1.165, 1.54) is 48.7 Å². The second kappa shape index (κ2) is 6.74. The number of hydrogen-bond donors (Lipinski definition) is 0. The van der Waals surface area contributed by atoms with Crippen molar-refractivity contribution in [1.29, 1.82) is 5.26 Å². The van der Waals surface area contributed by atoms with E-state index in [4.69, 9.17) is 0 Å². The lowest BCUT2D eigenvalue weighted by Gasteiger charge is -2.27. The van der Waals surface area contributed by atoms with Gasteiger partial charge in [0.05, 0.1) is 12.0 Å². The molecule has 2 heteroatoms. The minimum atomic E-state index is -0.00183. The standard InChI is InChI=1S/C19H22N2/c20-15-17(11-14-21-12-4-1-5-13-21)19-10-6-8-16-7-2-3-9-18(16)19/h2-3,6-10,17H,1,4-5,11-14H2. The molecule has 1 fully saturated rings. The highest BCUT2D eigenvalue weighted by Gasteiger charge is 2.16. The lowest BCUT2D eigenvalue weighted by Crippen LogP contribution is -2.31. The molecule has 1 unspecified atom stereocenters. The molecule has 0 amide bonds. The number of rotatable bonds is 4. The Bertz CT molecular complexity index is 630. The third-order valence-electron chi connectivity index (χ3n) is 4.54. The van der Waals surface area contributed by atoms with Gasteiger partial charge in [-0.2, -0.15) is 5.26 Å². The maximum atomic E-state index is 9.60. The van der Waals surface area contributed by atoms with Gasteiger partial charge in [-0.15, -0.1) is 0 Å². The Balaban J connectivity index is 1.77. The van der Waals surface area contributed by atoms with Crippen molar-refractivity contribution in [3.8, 4) is 6.07 Å². The third-order valence-corrected chi connectivity index (χ3v) is 4.54. The minimum Gasteiger partial charge on any atom is -0.303 e. The molecule has 0 radical (unpaired) electrons. The van der Waals surface area contributed by atoms with E-state index in [2.05, 4.69) is 53.4 Å². The van der Waals surface area contributed by atoms with Gasteiger partial charge in [0.15, 0.2) is 0 Å². The number of hydrogen-bond acceptors (Lipinski definition) is 2. The van der Waals surface area contributed by atoms with Gasteiger partial charge < -0.3 is 4.90 Å². The van der Waals surface area contributed by atoms with Crippen molar-refractivity contribution in [3.63, 3.8) is 0 Å². The quantitative estimate of drug-likeness (QED) is 0.832. The van der Waals surface area contributed by atoms with Gasteiger partial charge in [0, 0.05) is 0 Å². The normalized spacial score (nSPS) is 17.5. The molecule has 0 saturated carbocycles. The molecule has 1 saturated heterocycles. The number of benzene rings is 2. The Hall–Kier alpha value is -1.85. The first-order valence-corrected chi connectivity index (χ1v) is 7.98. The molecule has 2 aromatic rings. The highest BCUT2D eigenvalue weighted by molar-refractivity contribution is 5.86. The molecule has 0 spiro atoms. The molecule has 3 rings (SSSR count). The summed E-state index contributed by atoms with van der Waals surface area (Å²) in [6.45, 7) is 3.45. The van der Waals surface area contributed by atoms with Crippen LogP contribution in [0, 0.1) is 11.3 Å². The first-order chi connectivity index (χ1) is 10.4. The number of likely N-dealkylation sites (tertiary alicyclic amines) is 1. The van der Waals surface area contributed by atoms with Crippen molar-refractivity contribution >= 4 is 10.8 Å². The van der Waals surface area contributed by atoms with Gasteiger partial charge in [-0.3, -0.25) is 0 Å². The van der Waals surface area contributed by atoms with E-state index in [-0.39, 0.29) is 5.92 Å². The van der Waals surface area contributed by atoms with Crippen LogP contribution in [0.15, 0.2) is 42.5 Å². The van der Waals surface area contributed by atoms with Crippen LogP contribution < -0.4 is 0 Å². The molecular formula is C19H22N2. The molecule has 2 aromatic carbocycles. The van der Waals surface area contributed by atoms with E-state index in [0.717, 1.165) is 13.0 Å². The summed E-state index contributed by atoms with van der Waals surface area (Å²) in [5, 5.41) is 12.1. The topological polar surface area (TPSA) is 27.0 Å². The zero-order valence-corrected chi connectivity index (χ0v) is 12.5. The molecule has 1 heterocycles. The summed E-state index contributed by atoms with van der Waals surface area (Å²) in [6, 6.07) is 17.2. The predicted molar refractivity (Wildman–Crippen MR) is 87.2 cm³/mol. The van der Waals surface area contributed by atoms with Crippen molar-refractivity contribution in [1.82, 2.24) is 4.90 Å². The van der Waals surface area contributed by atoms with Crippen molar-refractivity contribution in [2.75, 3.05) is 19.6 Å². The molecule has 0 bridgehead atoms. The molecule has 0 aromatic heterocycles. The van der Waals surface area contributed by atoms with Gasteiger partial charge >= 0.3 is 0 Å². The SMILES string of the molecule is N#CC(CCN1CCCCC1)c1cccc2ccccc12. The molecule has 108 valence electrons. The van der Waals surface area contributed by atoms with Crippen LogP contribution in [-0.2, 0) is 0 Å². The number of fused-ring (bicyclic) bond motifs is 1. The lowest BCUT2D eigenvalue weighted by atomic mass is 9.92. The van der Waals surface area contributed by atoms with Crippen molar-refractivity contribution in [2.24, 2.45) is 0 Å². The largest absolute Gasteiger partial charge is 0.303 e. The van der Waals surface area contributed by atoms with Gasteiger partial charge in [-0.05, 0) is 55.2 Å². The maximum Gasteiger partial charge on any atom is 0.0730 e. The highest BCUT2D eigenvalue weighted by atomic mass is 15.1. The van der Waals surface area contributed by atoms with Crippen LogP contribution in [0.4, 0.5) is 0 Å². The van der Waals surface area contributed by atoms with E-state index < -0.39 is 0 Å². The Labute approximate surface area is 127 Å². The van der Waals surface area contributed by atoms with Gasteiger partial charge in [0.2, 0.25) is 0 Å². The fourth-order valence-corrected chi connectivity index (χ4v) is 3.34. The number of nitriles is 1. The monoisotopic (exact) mass is 278 g/mol. The molecule has 0 aliphatic carbocycles. The van der Waals surface area contributed by atoms with Gasteiger partial charge in [0.25, 0.3) is 0 Å². The summed E-state index contributed by atoms with van der Waals surface area (Å²) in [5.41, 5.74) is 1.19. The first-order valence-electron chi connectivity index (χ1n) is 7.98. The second-order valence-corrected chi connectivity index (χ2v) is 5.94. The summed E-state index contributed by atoms with van der Waals surface area (Å²) in [7, 11) is 0. The van der Waals surface area contributed by atoms with Crippen LogP contribution in [-0.4, -0.2) is 24.5 Å². The first kappa shape index (κ1) is 14.1. The summed E-state index contributed by atoms with van der Waals surface area (Å²) >= 11 is 0. The highest BCUT2D eigenvalue weighted by Crippen LogP contribution is 2.28. The fourth-order valence-electron chi connectivity index (χ4n) is 3.34. The molecule has 21 heavy (non-hydrogen) atoms. The van der Waals surface area contributed by atoms with E-state index in [1.807, 2.05) is 0 Å². The van der Waals surface area contributed by atoms with E-state index in [1.54, 1.807) is 0 Å². The fraction of sp³-hybridized carbons (Fsp3) is 0.421. The summed E-state index contributed by atoms with van der Waals surface area (Å²) in [6.07, 6.45) is 4.92. The van der Waals surface area contributed by atoms with E-state index >= 15 is 0 Å². The molecule has 0 N–H and O–H groups in total. The van der Waals surface area contributed by atoms with Crippen LogP contribution in [0.25, 0.3) is 10.8 Å². The number of nitrogens with zero attached hydrogens (tertiary/aromatic N) is 2. The molecule has 1 atom stereocenters. The Morgan fingerprint density at radius 2 is 1.76 bits per heavy atom. The van der Waals surface area contributed by atoms with E-state index in [9.17, 15) is 5.26 Å². The van der Waals surface area contributed by atoms with Crippen LogP contribution >= 0.6 is 0 Å².